The summed E-state index contributed by atoms with van der Waals surface area (Å²) in [6.45, 7) is 5.01. The van der Waals surface area contributed by atoms with E-state index >= 15 is 0 Å². The fourth-order valence-corrected chi connectivity index (χ4v) is 1.96. The normalized spacial score (nSPS) is 14.2. The van der Waals surface area contributed by atoms with Crippen molar-refractivity contribution in [1.29, 1.82) is 0 Å². The highest BCUT2D eigenvalue weighted by Crippen LogP contribution is 2.21. The van der Waals surface area contributed by atoms with Crippen LogP contribution in [-0.2, 0) is 0 Å². The van der Waals surface area contributed by atoms with Crippen LogP contribution in [0.15, 0.2) is 18.2 Å². The minimum absolute atomic E-state index is 0.0321. The van der Waals surface area contributed by atoms with E-state index in [0.29, 0.717) is 17.2 Å². The molecule has 0 aliphatic rings. The minimum atomic E-state index is -0.247. The molecule has 108 valence electrons. The van der Waals surface area contributed by atoms with Crippen molar-refractivity contribution in [2.45, 2.75) is 32.7 Å². The topological polar surface area (TPSA) is 41.5 Å². The van der Waals surface area contributed by atoms with Crippen LogP contribution in [0.2, 0.25) is 0 Å². The third-order valence-corrected chi connectivity index (χ3v) is 3.31. The molecule has 0 heterocycles. The van der Waals surface area contributed by atoms with E-state index in [9.17, 15) is 4.39 Å². The number of methoxy groups -OCH3 is 1. The Labute approximate surface area is 114 Å². The molecule has 0 fully saturated rings. The maximum Gasteiger partial charge on any atom is 0.131 e. The molecule has 1 aromatic carbocycles. The molecule has 0 saturated heterocycles. The van der Waals surface area contributed by atoms with Crippen molar-refractivity contribution in [1.82, 2.24) is 5.32 Å². The van der Waals surface area contributed by atoms with Gasteiger partial charge in [0.25, 0.3) is 0 Å². The summed E-state index contributed by atoms with van der Waals surface area (Å²) in [4.78, 5) is 0. The van der Waals surface area contributed by atoms with Gasteiger partial charge in [0.1, 0.15) is 11.6 Å². The van der Waals surface area contributed by atoms with E-state index in [0.717, 1.165) is 19.4 Å². The lowest BCUT2D eigenvalue weighted by Crippen LogP contribution is -2.21. The number of halogens is 1. The first kappa shape index (κ1) is 15.9. The van der Waals surface area contributed by atoms with Crippen LogP contribution in [0.4, 0.5) is 4.39 Å². The molecule has 1 aromatic rings. The smallest absolute Gasteiger partial charge is 0.131 e. The highest BCUT2D eigenvalue weighted by molar-refractivity contribution is 5.30. The highest BCUT2D eigenvalue weighted by Gasteiger charge is 2.11. The van der Waals surface area contributed by atoms with Crippen molar-refractivity contribution < 1.29 is 14.2 Å². The Hall–Kier alpha value is -1.13. The Balaban J connectivity index is 2.43. The van der Waals surface area contributed by atoms with Gasteiger partial charge in [-0.25, -0.2) is 4.39 Å². The van der Waals surface area contributed by atoms with Gasteiger partial charge in [0, 0.05) is 24.3 Å². The van der Waals surface area contributed by atoms with Crippen LogP contribution >= 0.6 is 0 Å². The van der Waals surface area contributed by atoms with Crippen molar-refractivity contribution in [3.8, 4) is 5.75 Å². The molecule has 2 atom stereocenters. The van der Waals surface area contributed by atoms with E-state index in [1.54, 1.807) is 12.1 Å². The number of hydrogen-bond acceptors (Lipinski definition) is 3. The first-order chi connectivity index (χ1) is 9.08. The van der Waals surface area contributed by atoms with Gasteiger partial charge < -0.3 is 15.2 Å². The molecule has 2 unspecified atom stereocenters. The van der Waals surface area contributed by atoms with Gasteiger partial charge in [0.15, 0.2) is 0 Å². The lowest BCUT2D eigenvalue weighted by atomic mass is 10.1. The highest BCUT2D eigenvalue weighted by atomic mass is 19.1. The lowest BCUT2D eigenvalue weighted by molar-refractivity contribution is 0.227. The van der Waals surface area contributed by atoms with Crippen molar-refractivity contribution in [2.24, 2.45) is 5.92 Å². The molecule has 4 heteroatoms. The lowest BCUT2D eigenvalue weighted by Gasteiger charge is -2.16. The van der Waals surface area contributed by atoms with Crippen molar-refractivity contribution >= 4 is 0 Å². The zero-order chi connectivity index (χ0) is 14.3. The minimum Gasteiger partial charge on any atom is -0.497 e. The summed E-state index contributed by atoms with van der Waals surface area (Å²) in [6.07, 6.45) is 1.95. The molecular formula is C15H24FNO2. The zero-order valence-electron chi connectivity index (χ0n) is 11.9. The number of benzene rings is 1. The standard InChI is InChI=1S/C15H24FNO2/c1-11(10-18)5-4-8-17-12(2)14-7-6-13(19-3)9-15(14)16/h6-7,9,11-12,17-18H,4-5,8,10H2,1-3H3. The zero-order valence-corrected chi connectivity index (χ0v) is 11.9. The summed E-state index contributed by atoms with van der Waals surface area (Å²) in [5, 5.41) is 12.2. The molecule has 0 amide bonds. The van der Waals surface area contributed by atoms with Gasteiger partial charge in [-0.05, 0) is 38.3 Å². The fourth-order valence-electron chi connectivity index (χ4n) is 1.96. The monoisotopic (exact) mass is 269 g/mol. The Morgan fingerprint density at radius 2 is 2.11 bits per heavy atom. The van der Waals surface area contributed by atoms with E-state index in [-0.39, 0.29) is 18.5 Å². The second-order valence-electron chi connectivity index (χ2n) is 4.99. The van der Waals surface area contributed by atoms with Gasteiger partial charge in [0.05, 0.1) is 7.11 Å². The van der Waals surface area contributed by atoms with E-state index in [1.165, 1.54) is 13.2 Å². The summed E-state index contributed by atoms with van der Waals surface area (Å²) < 4.78 is 18.8. The Bertz CT molecular complexity index is 384. The molecule has 0 aromatic heterocycles. The van der Waals surface area contributed by atoms with Crippen LogP contribution in [0.3, 0.4) is 0 Å². The van der Waals surface area contributed by atoms with Crippen LogP contribution in [0.1, 0.15) is 38.3 Å². The molecule has 19 heavy (non-hydrogen) atoms. The average Bonchev–Trinajstić information content (AvgIpc) is 2.42. The van der Waals surface area contributed by atoms with Gasteiger partial charge in [-0.15, -0.1) is 0 Å². The summed E-state index contributed by atoms with van der Waals surface area (Å²) in [5.74, 6) is 0.614. The molecule has 0 aliphatic carbocycles. The summed E-state index contributed by atoms with van der Waals surface area (Å²) in [7, 11) is 1.53. The van der Waals surface area contributed by atoms with Gasteiger partial charge in [-0.1, -0.05) is 13.0 Å². The maximum atomic E-state index is 13.8. The van der Waals surface area contributed by atoms with Gasteiger partial charge in [-0.3, -0.25) is 0 Å². The Morgan fingerprint density at radius 1 is 1.37 bits per heavy atom. The molecule has 0 saturated carbocycles. The molecule has 0 bridgehead atoms. The van der Waals surface area contributed by atoms with E-state index in [1.807, 2.05) is 13.8 Å². The number of aliphatic hydroxyl groups is 1. The molecule has 0 aliphatic heterocycles. The number of nitrogens with one attached hydrogen (secondary N) is 1. The summed E-state index contributed by atoms with van der Waals surface area (Å²) in [6, 6.07) is 4.89. The van der Waals surface area contributed by atoms with E-state index in [2.05, 4.69) is 5.32 Å². The number of aliphatic hydroxyl groups excluding tert-OH is 1. The van der Waals surface area contributed by atoms with Gasteiger partial charge in [-0.2, -0.15) is 0 Å². The average molecular weight is 269 g/mol. The van der Waals surface area contributed by atoms with Crippen LogP contribution in [0.25, 0.3) is 0 Å². The van der Waals surface area contributed by atoms with Gasteiger partial charge in [0.2, 0.25) is 0 Å². The molecule has 0 spiro atoms. The maximum absolute atomic E-state index is 13.8. The molecular weight excluding hydrogens is 245 g/mol. The predicted molar refractivity (Wildman–Crippen MR) is 74.9 cm³/mol. The van der Waals surface area contributed by atoms with Gasteiger partial charge >= 0.3 is 0 Å². The summed E-state index contributed by atoms with van der Waals surface area (Å²) >= 11 is 0. The number of rotatable bonds is 8. The second kappa shape index (κ2) is 8.12. The van der Waals surface area contributed by atoms with Crippen molar-refractivity contribution in [2.75, 3.05) is 20.3 Å². The van der Waals surface area contributed by atoms with Crippen molar-refractivity contribution in [3.05, 3.63) is 29.6 Å². The second-order valence-corrected chi connectivity index (χ2v) is 4.99. The molecule has 0 radical (unpaired) electrons. The number of ether oxygens (including phenoxy) is 1. The van der Waals surface area contributed by atoms with E-state index in [4.69, 9.17) is 9.84 Å². The summed E-state index contributed by atoms with van der Waals surface area (Å²) in [5.41, 5.74) is 0.649. The quantitative estimate of drug-likeness (QED) is 0.713. The van der Waals surface area contributed by atoms with Crippen LogP contribution in [0, 0.1) is 11.7 Å². The first-order valence-electron chi connectivity index (χ1n) is 6.76. The molecule has 1 rings (SSSR count). The van der Waals surface area contributed by atoms with E-state index < -0.39 is 0 Å². The Morgan fingerprint density at radius 3 is 2.68 bits per heavy atom. The van der Waals surface area contributed by atoms with Crippen molar-refractivity contribution in [3.63, 3.8) is 0 Å². The first-order valence-corrected chi connectivity index (χ1v) is 6.76. The van der Waals surface area contributed by atoms with Crippen LogP contribution in [-0.4, -0.2) is 25.4 Å². The SMILES string of the molecule is COc1ccc(C(C)NCCCC(C)CO)c(F)c1. The fraction of sp³-hybridized carbons (Fsp3) is 0.600. The largest absolute Gasteiger partial charge is 0.497 e. The molecule has 3 nitrogen and oxygen atoms in total. The van der Waals surface area contributed by atoms with Crippen LogP contribution < -0.4 is 10.1 Å². The Kier molecular flexibility index (Phi) is 6.81. The predicted octanol–water partition coefficient (Wildman–Crippen LogP) is 2.89. The van der Waals surface area contributed by atoms with Crippen LogP contribution in [0.5, 0.6) is 5.75 Å². The third-order valence-electron chi connectivity index (χ3n) is 3.31. The number of hydrogen-bond donors (Lipinski definition) is 2. The molecule has 2 N–H and O–H groups in total. The third kappa shape index (κ3) is 5.17.